The summed E-state index contributed by atoms with van der Waals surface area (Å²) < 4.78 is 23.2. The number of aryl methyl sites for hydroxylation is 1. The van der Waals surface area contributed by atoms with Gasteiger partial charge in [0.15, 0.2) is 11.5 Å². The third-order valence-electron chi connectivity index (χ3n) is 5.00. The summed E-state index contributed by atoms with van der Waals surface area (Å²) in [6.07, 6.45) is 6.65. The van der Waals surface area contributed by atoms with Crippen molar-refractivity contribution in [3.8, 4) is 23.0 Å². The first-order chi connectivity index (χ1) is 15.5. The predicted molar refractivity (Wildman–Crippen MR) is 121 cm³/mol. The molecule has 1 N–H and O–H groups in total. The molecule has 1 atom stereocenters. The second kappa shape index (κ2) is 10.4. The highest BCUT2D eigenvalue weighted by atomic mass is 16.5. The zero-order chi connectivity index (χ0) is 23.1. The van der Waals surface area contributed by atoms with Gasteiger partial charge in [0, 0.05) is 37.1 Å². The van der Waals surface area contributed by atoms with Crippen LogP contribution in [-0.2, 0) is 11.8 Å². The average Bonchev–Trinajstić information content (AvgIpc) is 3.26. The molecule has 0 saturated heterocycles. The van der Waals surface area contributed by atoms with Crippen molar-refractivity contribution in [1.82, 2.24) is 14.9 Å². The maximum Gasteiger partial charge on any atom is 0.244 e. The number of amides is 1. The minimum absolute atomic E-state index is 0.286. The second-order valence-corrected chi connectivity index (χ2v) is 6.89. The molecule has 1 heterocycles. The van der Waals surface area contributed by atoms with Crippen molar-refractivity contribution in [2.24, 2.45) is 7.05 Å². The van der Waals surface area contributed by atoms with Gasteiger partial charge in [-0.15, -0.1) is 0 Å². The van der Waals surface area contributed by atoms with Gasteiger partial charge in [0.1, 0.15) is 23.4 Å². The van der Waals surface area contributed by atoms with Crippen LogP contribution in [0, 0.1) is 0 Å². The van der Waals surface area contributed by atoms with E-state index in [0.29, 0.717) is 28.6 Å². The number of hydrogen-bond donors (Lipinski definition) is 1. The van der Waals surface area contributed by atoms with Crippen molar-refractivity contribution in [3.05, 3.63) is 71.8 Å². The summed E-state index contributed by atoms with van der Waals surface area (Å²) in [6, 6.07) is 10.5. The number of aromatic nitrogens is 2. The van der Waals surface area contributed by atoms with Crippen LogP contribution in [0.1, 0.15) is 23.0 Å². The molecule has 0 aliphatic rings. The number of benzene rings is 2. The number of hydrogen-bond acceptors (Lipinski definition) is 6. The maximum atomic E-state index is 12.9. The summed E-state index contributed by atoms with van der Waals surface area (Å²) in [4.78, 5) is 17.3. The highest BCUT2D eigenvalue weighted by molar-refractivity contribution is 5.92. The average molecular weight is 437 g/mol. The largest absolute Gasteiger partial charge is 0.497 e. The molecule has 8 nitrogen and oxygen atoms in total. The Balaban J connectivity index is 1.87. The van der Waals surface area contributed by atoms with Gasteiger partial charge >= 0.3 is 0 Å². The zero-order valence-electron chi connectivity index (χ0n) is 18.8. The molecule has 1 amide bonds. The molecule has 2 aromatic carbocycles. The van der Waals surface area contributed by atoms with Crippen molar-refractivity contribution in [1.29, 1.82) is 0 Å². The van der Waals surface area contributed by atoms with Crippen molar-refractivity contribution in [2.45, 2.75) is 6.04 Å². The molecule has 1 unspecified atom stereocenters. The van der Waals surface area contributed by atoms with E-state index in [1.807, 2.05) is 42.1 Å². The maximum absolute atomic E-state index is 12.9. The van der Waals surface area contributed by atoms with Crippen molar-refractivity contribution in [2.75, 3.05) is 28.4 Å². The summed E-state index contributed by atoms with van der Waals surface area (Å²) in [6.45, 7) is 0. The molecular weight excluding hydrogens is 410 g/mol. The van der Waals surface area contributed by atoms with Crippen molar-refractivity contribution >= 4 is 12.0 Å². The van der Waals surface area contributed by atoms with E-state index in [4.69, 9.17) is 18.9 Å². The number of rotatable bonds is 9. The van der Waals surface area contributed by atoms with Crippen LogP contribution in [0.3, 0.4) is 0 Å². The topological polar surface area (TPSA) is 83.8 Å². The van der Waals surface area contributed by atoms with E-state index in [2.05, 4.69) is 10.3 Å². The summed E-state index contributed by atoms with van der Waals surface area (Å²) in [5.41, 5.74) is 1.56. The minimum atomic E-state index is -0.439. The molecule has 0 saturated carbocycles. The molecule has 0 radical (unpaired) electrons. The Morgan fingerprint density at radius 3 is 2.19 bits per heavy atom. The lowest BCUT2D eigenvalue weighted by molar-refractivity contribution is -0.117. The molecule has 8 heteroatoms. The smallest absolute Gasteiger partial charge is 0.244 e. The Kier molecular flexibility index (Phi) is 7.38. The monoisotopic (exact) mass is 437 g/mol. The number of nitrogens with zero attached hydrogens (tertiary/aromatic N) is 2. The van der Waals surface area contributed by atoms with E-state index in [-0.39, 0.29) is 5.91 Å². The normalized spacial score (nSPS) is 11.8. The highest BCUT2D eigenvalue weighted by Gasteiger charge is 2.20. The number of nitrogens with one attached hydrogen (secondary N) is 1. The summed E-state index contributed by atoms with van der Waals surface area (Å²) in [5, 5.41) is 3.03. The van der Waals surface area contributed by atoms with E-state index in [1.165, 1.54) is 6.08 Å². The van der Waals surface area contributed by atoms with Crippen molar-refractivity contribution in [3.63, 3.8) is 0 Å². The van der Waals surface area contributed by atoms with Crippen LogP contribution >= 0.6 is 0 Å². The number of methoxy groups -OCH3 is 4. The molecule has 168 valence electrons. The Labute approximate surface area is 187 Å². The second-order valence-electron chi connectivity index (χ2n) is 6.89. The van der Waals surface area contributed by atoms with Gasteiger partial charge in [-0.05, 0) is 29.8 Å². The lowest BCUT2D eigenvalue weighted by Crippen LogP contribution is -2.29. The van der Waals surface area contributed by atoms with Gasteiger partial charge in [-0.2, -0.15) is 0 Å². The first kappa shape index (κ1) is 22.7. The van der Waals surface area contributed by atoms with E-state index in [0.717, 1.165) is 11.3 Å². The Bertz CT molecular complexity index is 1090. The van der Waals surface area contributed by atoms with Crippen LogP contribution in [0.4, 0.5) is 0 Å². The first-order valence-electron chi connectivity index (χ1n) is 9.90. The molecule has 0 spiro atoms. The van der Waals surface area contributed by atoms with Gasteiger partial charge in [0.2, 0.25) is 5.91 Å². The van der Waals surface area contributed by atoms with Gasteiger partial charge < -0.3 is 28.8 Å². The first-order valence-corrected chi connectivity index (χ1v) is 9.90. The molecule has 0 fully saturated rings. The zero-order valence-corrected chi connectivity index (χ0v) is 18.8. The van der Waals surface area contributed by atoms with E-state index in [9.17, 15) is 4.79 Å². The quantitative estimate of drug-likeness (QED) is 0.517. The molecule has 0 aliphatic heterocycles. The van der Waals surface area contributed by atoms with E-state index in [1.54, 1.807) is 52.8 Å². The number of carbonyl (C=O) groups is 1. The minimum Gasteiger partial charge on any atom is -0.497 e. The van der Waals surface area contributed by atoms with Gasteiger partial charge in [0.25, 0.3) is 0 Å². The van der Waals surface area contributed by atoms with Crippen molar-refractivity contribution < 1.29 is 23.7 Å². The lowest BCUT2D eigenvalue weighted by Gasteiger charge is -2.18. The highest BCUT2D eigenvalue weighted by Crippen LogP contribution is 2.35. The number of ether oxygens (including phenoxy) is 4. The molecule has 3 rings (SSSR count). The van der Waals surface area contributed by atoms with Crippen LogP contribution in [0.25, 0.3) is 6.08 Å². The van der Waals surface area contributed by atoms with E-state index >= 15 is 0 Å². The van der Waals surface area contributed by atoms with Gasteiger partial charge in [0.05, 0.1) is 28.4 Å². The van der Waals surface area contributed by atoms with Crippen LogP contribution in [-0.4, -0.2) is 43.9 Å². The Morgan fingerprint density at radius 1 is 0.969 bits per heavy atom. The molecule has 0 bridgehead atoms. The number of imidazole rings is 1. The molecule has 1 aromatic heterocycles. The Morgan fingerprint density at radius 2 is 1.62 bits per heavy atom. The van der Waals surface area contributed by atoms with Gasteiger partial charge in [-0.25, -0.2) is 4.98 Å². The lowest BCUT2D eigenvalue weighted by atomic mass is 10.1. The molecule has 0 aliphatic carbocycles. The summed E-state index contributed by atoms with van der Waals surface area (Å²) in [5.74, 6) is 2.80. The fourth-order valence-corrected chi connectivity index (χ4v) is 3.29. The fourth-order valence-electron chi connectivity index (χ4n) is 3.29. The number of carbonyl (C=O) groups excluding carboxylic acids is 1. The van der Waals surface area contributed by atoms with Crippen LogP contribution < -0.4 is 24.3 Å². The molecule has 3 aromatic rings. The SMILES string of the molecule is COc1ccc(C(NC(=O)/C=C/c2cc(OC)c(OC)cc2OC)c2nccn2C)cc1. The van der Waals surface area contributed by atoms with Crippen LogP contribution in [0.15, 0.2) is 54.9 Å². The predicted octanol–water partition coefficient (Wildman–Crippen LogP) is 3.37. The third kappa shape index (κ3) is 5.03. The third-order valence-corrected chi connectivity index (χ3v) is 5.00. The Hall–Kier alpha value is -3.94. The summed E-state index contributed by atoms with van der Waals surface area (Å²) in [7, 11) is 8.16. The molecular formula is C24H27N3O5. The van der Waals surface area contributed by atoms with Gasteiger partial charge in [-0.1, -0.05) is 12.1 Å². The van der Waals surface area contributed by atoms with Gasteiger partial charge in [-0.3, -0.25) is 4.79 Å². The fraction of sp³-hybridized carbons (Fsp3) is 0.250. The van der Waals surface area contributed by atoms with Crippen LogP contribution in [0.2, 0.25) is 0 Å². The summed E-state index contributed by atoms with van der Waals surface area (Å²) >= 11 is 0. The van der Waals surface area contributed by atoms with E-state index < -0.39 is 6.04 Å². The van der Waals surface area contributed by atoms with Crippen LogP contribution in [0.5, 0.6) is 23.0 Å². The standard InChI is InChI=1S/C24H27N3O5/c1-27-13-12-25-24(27)23(16-6-9-18(29-2)10-7-16)26-22(28)11-8-17-14-20(31-4)21(32-5)15-19(17)30-3/h6-15,23H,1-5H3,(H,26,28)/b11-8+. The molecule has 32 heavy (non-hydrogen) atoms.